The molecule has 0 saturated heterocycles. The molecule has 0 aromatic carbocycles. The smallest absolute Gasteiger partial charge is 0.247 e. The van der Waals surface area contributed by atoms with Gasteiger partial charge in [-0.3, -0.25) is 5.10 Å². The van der Waals surface area contributed by atoms with Gasteiger partial charge in [-0.2, -0.15) is 9.40 Å². The summed E-state index contributed by atoms with van der Waals surface area (Å²) in [5.41, 5.74) is 6.58. The van der Waals surface area contributed by atoms with E-state index in [-0.39, 0.29) is 17.5 Å². The highest BCUT2D eigenvalue weighted by molar-refractivity contribution is 7.89. The molecule has 0 bridgehead atoms. The maximum atomic E-state index is 13.0. The van der Waals surface area contributed by atoms with Gasteiger partial charge in [0.2, 0.25) is 10.0 Å². The van der Waals surface area contributed by atoms with Crippen LogP contribution in [0.1, 0.15) is 29.1 Å². The van der Waals surface area contributed by atoms with Crippen molar-refractivity contribution in [2.24, 2.45) is 5.73 Å². The molecule has 1 aliphatic rings. The Kier molecular flexibility index (Phi) is 3.87. The van der Waals surface area contributed by atoms with Gasteiger partial charge in [0.15, 0.2) is 0 Å². The first kappa shape index (κ1) is 14.7. The lowest BCUT2D eigenvalue weighted by molar-refractivity contribution is 0.400. The van der Waals surface area contributed by atoms with E-state index in [4.69, 9.17) is 5.73 Å². The molecule has 0 radical (unpaired) electrons. The lowest BCUT2D eigenvalue weighted by atomic mass is 10.4. The molecule has 2 aromatic heterocycles. The second kappa shape index (κ2) is 5.53. The molecule has 2 heterocycles. The number of sulfonamides is 1. The van der Waals surface area contributed by atoms with Crippen molar-refractivity contribution < 1.29 is 8.42 Å². The first-order chi connectivity index (χ1) is 10.0. The summed E-state index contributed by atoms with van der Waals surface area (Å²) in [7, 11) is -3.58. The number of nitrogens with one attached hydrogen (secondary N) is 1. The number of nitrogens with two attached hydrogens (primary N) is 1. The highest BCUT2D eigenvalue weighted by Crippen LogP contribution is 2.35. The Hall–Kier alpha value is -1.22. The van der Waals surface area contributed by atoms with Crippen LogP contribution >= 0.6 is 11.3 Å². The Morgan fingerprint density at radius 3 is 2.86 bits per heavy atom. The van der Waals surface area contributed by atoms with Gasteiger partial charge in [-0.1, -0.05) is 6.07 Å². The van der Waals surface area contributed by atoms with Gasteiger partial charge in [0.05, 0.1) is 11.4 Å². The standard InChI is InChI=1S/C13H18N4O2S2/c1-9-13(12(7-14)16-15-9)21(18,19)17(10-4-5-10)8-11-3-2-6-20-11/h2-3,6,10H,4-5,7-8,14H2,1H3,(H,15,16). The fraction of sp³-hybridized carbons (Fsp3) is 0.462. The average molecular weight is 326 g/mol. The Labute approximate surface area is 128 Å². The van der Waals surface area contributed by atoms with Gasteiger partial charge in [0, 0.05) is 24.0 Å². The summed E-state index contributed by atoms with van der Waals surface area (Å²) < 4.78 is 27.6. The molecule has 0 atom stereocenters. The zero-order valence-corrected chi connectivity index (χ0v) is 13.4. The number of hydrogen-bond acceptors (Lipinski definition) is 5. The molecule has 1 saturated carbocycles. The summed E-state index contributed by atoms with van der Waals surface area (Å²) in [6, 6.07) is 3.99. The molecule has 0 spiro atoms. The zero-order chi connectivity index (χ0) is 15.0. The van der Waals surface area contributed by atoms with E-state index in [1.807, 2.05) is 17.5 Å². The molecule has 3 rings (SSSR count). The van der Waals surface area contributed by atoms with Gasteiger partial charge < -0.3 is 5.73 Å². The molecular weight excluding hydrogens is 308 g/mol. The van der Waals surface area contributed by atoms with Gasteiger partial charge in [-0.25, -0.2) is 8.42 Å². The van der Waals surface area contributed by atoms with E-state index in [0.29, 0.717) is 17.9 Å². The van der Waals surface area contributed by atoms with E-state index in [1.165, 1.54) is 0 Å². The fourth-order valence-electron chi connectivity index (χ4n) is 2.40. The highest BCUT2D eigenvalue weighted by Gasteiger charge is 2.40. The van der Waals surface area contributed by atoms with Crippen LogP contribution in [0.3, 0.4) is 0 Å². The van der Waals surface area contributed by atoms with Crippen LogP contribution in [0.15, 0.2) is 22.4 Å². The molecule has 114 valence electrons. The summed E-state index contributed by atoms with van der Waals surface area (Å²) in [5, 5.41) is 8.70. The fourth-order valence-corrected chi connectivity index (χ4v) is 5.19. The van der Waals surface area contributed by atoms with Crippen molar-refractivity contribution in [1.82, 2.24) is 14.5 Å². The van der Waals surface area contributed by atoms with E-state index in [2.05, 4.69) is 10.2 Å². The lowest BCUT2D eigenvalue weighted by Gasteiger charge is -2.21. The van der Waals surface area contributed by atoms with Gasteiger partial charge in [-0.15, -0.1) is 11.3 Å². The molecular formula is C13H18N4O2S2. The maximum Gasteiger partial charge on any atom is 0.247 e. The van der Waals surface area contributed by atoms with Crippen molar-refractivity contribution in [3.63, 3.8) is 0 Å². The highest BCUT2D eigenvalue weighted by atomic mass is 32.2. The van der Waals surface area contributed by atoms with Crippen molar-refractivity contribution in [3.05, 3.63) is 33.8 Å². The third kappa shape index (κ3) is 2.76. The molecule has 0 amide bonds. The minimum absolute atomic E-state index is 0.0945. The minimum atomic E-state index is -3.58. The third-order valence-electron chi connectivity index (χ3n) is 3.57. The van der Waals surface area contributed by atoms with E-state index < -0.39 is 10.0 Å². The Bertz CT molecular complexity index is 717. The number of rotatable bonds is 6. The van der Waals surface area contributed by atoms with Crippen LogP contribution in [0.25, 0.3) is 0 Å². The SMILES string of the molecule is Cc1[nH]nc(CN)c1S(=O)(=O)N(Cc1cccs1)C1CC1. The predicted octanol–water partition coefficient (Wildman–Crippen LogP) is 1.59. The Morgan fingerprint density at radius 2 is 2.29 bits per heavy atom. The molecule has 21 heavy (non-hydrogen) atoms. The first-order valence-corrected chi connectivity index (χ1v) is 9.14. The van der Waals surface area contributed by atoms with Crippen molar-refractivity contribution in [3.8, 4) is 0 Å². The lowest BCUT2D eigenvalue weighted by Crippen LogP contribution is -2.33. The predicted molar refractivity (Wildman–Crippen MR) is 81.3 cm³/mol. The average Bonchev–Trinajstić information content (AvgIpc) is 3.00. The van der Waals surface area contributed by atoms with E-state index in [0.717, 1.165) is 17.7 Å². The van der Waals surface area contributed by atoms with Crippen LogP contribution in [0, 0.1) is 6.92 Å². The normalized spacial score (nSPS) is 15.8. The van der Waals surface area contributed by atoms with Crippen LogP contribution in [-0.2, 0) is 23.1 Å². The Balaban J connectivity index is 1.99. The largest absolute Gasteiger partial charge is 0.325 e. The van der Waals surface area contributed by atoms with Crippen molar-refractivity contribution in [2.75, 3.05) is 0 Å². The van der Waals surface area contributed by atoms with Crippen LogP contribution in [0.5, 0.6) is 0 Å². The van der Waals surface area contributed by atoms with Crippen molar-refractivity contribution in [1.29, 1.82) is 0 Å². The maximum absolute atomic E-state index is 13.0. The molecule has 8 heteroatoms. The summed E-state index contributed by atoms with van der Waals surface area (Å²) in [5.74, 6) is 0. The number of nitrogens with zero attached hydrogens (tertiary/aromatic N) is 2. The van der Waals surface area contributed by atoms with Gasteiger partial charge in [-0.05, 0) is 31.2 Å². The topological polar surface area (TPSA) is 92.1 Å². The van der Waals surface area contributed by atoms with Crippen LogP contribution < -0.4 is 5.73 Å². The summed E-state index contributed by atoms with van der Waals surface area (Å²) >= 11 is 1.57. The van der Waals surface area contributed by atoms with E-state index >= 15 is 0 Å². The van der Waals surface area contributed by atoms with Gasteiger partial charge in [0.1, 0.15) is 4.90 Å². The molecule has 0 unspecified atom stereocenters. The Morgan fingerprint density at radius 1 is 1.52 bits per heavy atom. The van der Waals surface area contributed by atoms with Crippen LogP contribution in [0.2, 0.25) is 0 Å². The monoisotopic (exact) mass is 326 g/mol. The number of thiophene rings is 1. The van der Waals surface area contributed by atoms with Gasteiger partial charge in [0.25, 0.3) is 0 Å². The second-order valence-electron chi connectivity index (χ2n) is 5.19. The summed E-state index contributed by atoms with van der Waals surface area (Å²) in [4.78, 5) is 1.29. The van der Waals surface area contributed by atoms with Gasteiger partial charge >= 0.3 is 0 Å². The number of aromatic nitrogens is 2. The number of aromatic amines is 1. The molecule has 2 aromatic rings. The zero-order valence-electron chi connectivity index (χ0n) is 11.7. The summed E-state index contributed by atoms with van der Waals surface area (Å²) in [6.07, 6.45) is 1.83. The molecule has 0 aliphatic heterocycles. The molecule has 1 fully saturated rings. The van der Waals surface area contributed by atoms with Crippen LogP contribution in [-0.4, -0.2) is 29.0 Å². The number of aryl methyl sites for hydroxylation is 1. The third-order valence-corrected chi connectivity index (χ3v) is 6.53. The quantitative estimate of drug-likeness (QED) is 0.843. The van der Waals surface area contributed by atoms with E-state index in [9.17, 15) is 8.42 Å². The van der Waals surface area contributed by atoms with E-state index in [1.54, 1.807) is 22.6 Å². The molecule has 1 aliphatic carbocycles. The number of H-pyrrole nitrogens is 1. The summed E-state index contributed by atoms with van der Waals surface area (Å²) in [6.45, 7) is 2.24. The molecule has 3 N–H and O–H groups in total. The van der Waals surface area contributed by atoms with Crippen LogP contribution in [0.4, 0.5) is 0 Å². The van der Waals surface area contributed by atoms with Crippen molar-refractivity contribution in [2.45, 2.75) is 43.8 Å². The number of hydrogen-bond donors (Lipinski definition) is 2. The first-order valence-electron chi connectivity index (χ1n) is 6.82. The minimum Gasteiger partial charge on any atom is -0.325 e. The van der Waals surface area contributed by atoms with Crippen molar-refractivity contribution >= 4 is 21.4 Å². The second-order valence-corrected chi connectivity index (χ2v) is 8.05. The molecule has 6 nitrogen and oxygen atoms in total.